The number of alkyl halides is 2. The standard InChI is InChI=1S/C14H19F2NO3/c1-13(2,14(3,4)19)17-11(18)9-7-5-6-8-10(9)20-12(15)16/h5-8,12,19H,1-4H3,(H,17,18). The molecule has 0 aliphatic carbocycles. The maximum atomic E-state index is 12.3. The molecule has 0 bridgehead atoms. The van der Waals surface area contributed by atoms with Crippen LogP contribution in [0.4, 0.5) is 8.78 Å². The van der Waals surface area contributed by atoms with Crippen LogP contribution in [0.3, 0.4) is 0 Å². The molecule has 0 radical (unpaired) electrons. The minimum Gasteiger partial charge on any atom is -0.434 e. The van der Waals surface area contributed by atoms with Gasteiger partial charge in [0, 0.05) is 0 Å². The number of carbonyl (C=O) groups is 1. The Hall–Kier alpha value is -1.69. The van der Waals surface area contributed by atoms with Gasteiger partial charge >= 0.3 is 6.61 Å². The molecule has 1 amide bonds. The predicted molar refractivity (Wildman–Crippen MR) is 70.9 cm³/mol. The zero-order valence-electron chi connectivity index (χ0n) is 11.9. The number of aliphatic hydroxyl groups is 1. The second kappa shape index (κ2) is 5.75. The molecular weight excluding hydrogens is 268 g/mol. The van der Waals surface area contributed by atoms with Crippen LogP contribution in [0.25, 0.3) is 0 Å². The molecule has 1 aromatic rings. The Kier molecular flexibility index (Phi) is 4.70. The fraction of sp³-hybridized carbons (Fsp3) is 0.500. The van der Waals surface area contributed by atoms with E-state index in [1.807, 2.05) is 0 Å². The van der Waals surface area contributed by atoms with Crippen LogP contribution in [-0.4, -0.2) is 28.8 Å². The van der Waals surface area contributed by atoms with Gasteiger partial charge in [0.2, 0.25) is 0 Å². The lowest BCUT2D eigenvalue weighted by Crippen LogP contribution is -2.57. The molecule has 2 N–H and O–H groups in total. The van der Waals surface area contributed by atoms with Crippen LogP contribution >= 0.6 is 0 Å². The van der Waals surface area contributed by atoms with E-state index in [2.05, 4.69) is 10.1 Å². The number of hydrogen-bond donors (Lipinski definition) is 2. The lowest BCUT2D eigenvalue weighted by molar-refractivity contribution is -0.0503. The van der Waals surface area contributed by atoms with Gasteiger partial charge in [-0.15, -0.1) is 0 Å². The SMILES string of the molecule is CC(C)(O)C(C)(C)NC(=O)c1ccccc1OC(F)F. The second-order valence-corrected chi connectivity index (χ2v) is 5.51. The molecule has 1 aromatic carbocycles. The first-order valence-electron chi connectivity index (χ1n) is 6.13. The first kappa shape index (κ1) is 16.4. The molecule has 1 rings (SSSR count). The average Bonchev–Trinajstić information content (AvgIpc) is 2.26. The normalized spacial score (nSPS) is 12.4. The number of rotatable bonds is 5. The predicted octanol–water partition coefficient (Wildman–Crippen LogP) is 2.57. The van der Waals surface area contributed by atoms with Crippen molar-refractivity contribution in [1.29, 1.82) is 0 Å². The van der Waals surface area contributed by atoms with E-state index < -0.39 is 23.7 Å². The molecule has 0 saturated heterocycles. The Labute approximate surface area is 116 Å². The van der Waals surface area contributed by atoms with Crippen molar-refractivity contribution < 1.29 is 23.4 Å². The van der Waals surface area contributed by atoms with Crippen LogP contribution in [-0.2, 0) is 0 Å². The monoisotopic (exact) mass is 287 g/mol. The van der Waals surface area contributed by atoms with Crippen molar-refractivity contribution in [3.05, 3.63) is 29.8 Å². The van der Waals surface area contributed by atoms with Gasteiger partial charge in [-0.2, -0.15) is 8.78 Å². The summed E-state index contributed by atoms with van der Waals surface area (Å²) in [5, 5.41) is 12.6. The highest BCUT2D eigenvalue weighted by molar-refractivity contribution is 5.97. The third-order valence-corrected chi connectivity index (χ3v) is 3.30. The van der Waals surface area contributed by atoms with Crippen molar-refractivity contribution in [1.82, 2.24) is 5.32 Å². The first-order valence-corrected chi connectivity index (χ1v) is 6.13. The Morgan fingerprint density at radius 1 is 1.25 bits per heavy atom. The molecule has 112 valence electrons. The van der Waals surface area contributed by atoms with E-state index >= 15 is 0 Å². The molecule has 0 aliphatic rings. The molecule has 0 saturated carbocycles. The van der Waals surface area contributed by atoms with Crippen molar-refractivity contribution >= 4 is 5.91 Å². The number of amides is 1. The minimum atomic E-state index is -3.01. The Morgan fingerprint density at radius 3 is 2.30 bits per heavy atom. The van der Waals surface area contributed by atoms with Gasteiger partial charge in [-0.1, -0.05) is 12.1 Å². The van der Waals surface area contributed by atoms with Crippen molar-refractivity contribution in [2.75, 3.05) is 0 Å². The number of halogens is 2. The van der Waals surface area contributed by atoms with Crippen LogP contribution < -0.4 is 10.1 Å². The number of nitrogens with one attached hydrogen (secondary N) is 1. The van der Waals surface area contributed by atoms with Gasteiger partial charge in [-0.3, -0.25) is 4.79 Å². The van der Waals surface area contributed by atoms with Gasteiger partial charge in [0.1, 0.15) is 5.75 Å². The largest absolute Gasteiger partial charge is 0.434 e. The summed E-state index contributed by atoms with van der Waals surface area (Å²) in [4.78, 5) is 12.2. The fourth-order valence-electron chi connectivity index (χ4n) is 1.36. The van der Waals surface area contributed by atoms with Crippen LogP contribution in [0.1, 0.15) is 38.1 Å². The summed E-state index contributed by atoms with van der Waals surface area (Å²) < 4.78 is 28.9. The smallest absolute Gasteiger partial charge is 0.387 e. The molecule has 0 heterocycles. The molecule has 0 aliphatic heterocycles. The Morgan fingerprint density at radius 2 is 1.80 bits per heavy atom. The quantitative estimate of drug-likeness (QED) is 0.875. The molecule has 0 unspecified atom stereocenters. The van der Waals surface area contributed by atoms with Crippen molar-refractivity contribution in [2.24, 2.45) is 0 Å². The van der Waals surface area contributed by atoms with Gasteiger partial charge in [-0.05, 0) is 39.8 Å². The van der Waals surface area contributed by atoms with Gasteiger partial charge in [-0.25, -0.2) is 0 Å². The van der Waals surface area contributed by atoms with E-state index in [9.17, 15) is 18.7 Å². The number of ether oxygens (including phenoxy) is 1. The third kappa shape index (κ3) is 3.90. The summed E-state index contributed by atoms with van der Waals surface area (Å²) in [6.45, 7) is 3.37. The van der Waals surface area contributed by atoms with E-state index in [0.29, 0.717) is 0 Å². The van der Waals surface area contributed by atoms with Crippen molar-refractivity contribution in [3.63, 3.8) is 0 Å². The summed E-state index contributed by atoms with van der Waals surface area (Å²) in [7, 11) is 0. The van der Waals surface area contributed by atoms with Gasteiger partial charge in [0.15, 0.2) is 0 Å². The van der Waals surface area contributed by atoms with E-state index in [-0.39, 0.29) is 11.3 Å². The minimum absolute atomic E-state index is 0.00914. The molecule has 6 heteroatoms. The Bertz CT molecular complexity index is 482. The summed E-state index contributed by atoms with van der Waals surface area (Å²) >= 11 is 0. The lowest BCUT2D eigenvalue weighted by Gasteiger charge is -2.38. The van der Waals surface area contributed by atoms with Crippen molar-refractivity contribution in [2.45, 2.75) is 45.4 Å². The van der Waals surface area contributed by atoms with Crippen LogP contribution in [0.2, 0.25) is 0 Å². The molecule has 0 aromatic heterocycles. The number of benzene rings is 1. The highest BCUT2D eigenvalue weighted by Gasteiger charge is 2.37. The maximum absolute atomic E-state index is 12.3. The van der Waals surface area contributed by atoms with Crippen LogP contribution in [0, 0.1) is 0 Å². The van der Waals surface area contributed by atoms with E-state index in [1.54, 1.807) is 33.8 Å². The zero-order valence-corrected chi connectivity index (χ0v) is 11.9. The summed E-state index contributed by atoms with van der Waals surface area (Å²) in [5.41, 5.74) is -2.13. The number of para-hydroxylation sites is 1. The van der Waals surface area contributed by atoms with Crippen molar-refractivity contribution in [3.8, 4) is 5.75 Å². The molecule has 4 nitrogen and oxygen atoms in total. The van der Waals surface area contributed by atoms with Crippen LogP contribution in [0.5, 0.6) is 5.75 Å². The first-order chi connectivity index (χ1) is 9.04. The lowest BCUT2D eigenvalue weighted by atomic mass is 9.85. The van der Waals surface area contributed by atoms with Crippen LogP contribution in [0.15, 0.2) is 24.3 Å². The topological polar surface area (TPSA) is 58.6 Å². The highest BCUT2D eigenvalue weighted by atomic mass is 19.3. The maximum Gasteiger partial charge on any atom is 0.387 e. The summed E-state index contributed by atoms with van der Waals surface area (Å²) in [6.07, 6.45) is 0. The van der Waals surface area contributed by atoms with E-state index in [4.69, 9.17) is 0 Å². The van der Waals surface area contributed by atoms with Gasteiger partial charge < -0.3 is 15.2 Å². The summed E-state index contributed by atoms with van der Waals surface area (Å²) in [6, 6.07) is 5.71. The average molecular weight is 287 g/mol. The fourth-order valence-corrected chi connectivity index (χ4v) is 1.36. The van der Waals surface area contributed by atoms with E-state index in [0.717, 1.165) is 0 Å². The molecular formula is C14H19F2NO3. The third-order valence-electron chi connectivity index (χ3n) is 3.30. The van der Waals surface area contributed by atoms with Gasteiger partial charge in [0.05, 0.1) is 16.7 Å². The molecule has 20 heavy (non-hydrogen) atoms. The second-order valence-electron chi connectivity index (χ2n) is 5.51. The summed E-state index contributed by atoms with van der Waals surface area (Å²) in [5.74, 6) is -0.792. The highest BCUT2D eigenvalue weighted by Crippen LogP contribution is 2.24. The van der Waals surface area contributed by atoms with E-state index in [1.165, 1.54) is 18.2 Å². The molecule has 0 spiro atoms. The number of hydrogen-bond acceptors (Lipinski definition) is 3. The Balaban J connectivity index is 2.99. The number of carbonyl (C=O) groups excluding carboxylic acids is 1. The molecule has 0 atom stereocenters. The van der Waals surface area contributed by atoms with Gasteiger partial charge in [0.25, 0.3) is 5.91 Å². The zero-order chi connectivity index (χ0) is 15.6. The molecule has 0 fully saturated rings.